The van der Waals surface area contributed by atoms with Crippen molar-refractivity contribution in [3.05, 3.63) is 26.6 Å². The van der Waals surface area contributed by atoms with Crippen molar-refractivity contribution in [3.63, 3.8) is 0 Å². The van der Waals surface area contributed by atoms with Crippen molar-refractivity contribution in [2.75, 3.05) is 6.61 Å². The molecule has 18 heavy (non-hydrogen) atoms. The van der Waals surface area contributed by atoms with Gasteiger partial charge in [-0.25, -0.2) is 10.2 Å². The SMILES string of the molecule is CCCOc1c(Br)cc(Br)cc1/C=N/NC(N)=O. The molecule has 0 saturated carbocycles. The summed E-state index contributed by atoms with van der Waals surface area (Å²) in [5.41, 5.74) is 7.79. The number of nitrogens with zero attached hydrogens (tertiary/aromatic N) is 1. The van der Waals surface area contributed by atoms with Crippen LogP contribution in [0.25, 0.3) is 0 Å². The number of hydrogen-bond donors (Lipinski definition) is 2. The quantitative estimate of drug-likeness (QED) is 0.610. The van der Waals surface area contributed by atoms with Crippen LogP contribution in [-0.2, 0) is 0 Å². The molecule has 3 N–H and O–H groups in total. The van der Waals surface area contributed by atoms with Crippen LogP contribution in [0.3, 0.4) is 0 Å². The minimum atomic E-state index is -0.712. The minimum Gasteiger partial charge on any atom is -0.492 e. The number of rotatable bonds is 5. The zero-order chi connectivity index (χ0) is 13.5. The summed E-state index contributed by atoms with van der Waals surface area (Å²) in [6, 6.07) is 3.00. The van der Waals surface area contributed by atoms with Crippen LogP contribution in [0.2, 0.25) is 0 Å². The van der Waals surface area contributed by atoms with E-state index in [1.54, 1.807) is 0 Å². The molecule has 0 heterocycles. The monoisotopic (exact) mass is 377 g/mol. The maximum atomic E-state index is 10.5. The molecule has 0 bridgehead atoms. The van der Waals surface area contributed by atoms with Crippen molar-refractivity contribution in [1.29, 1.82) is 0 Å². The first-order valence-corrected chi connectivity index (χ1v) is 6.83. The number of nitrogens with one attached hydrogen (secondary N) is 1. The number of halogens is 2. The maximum Gasteiger partial charge on any atom is 0.332 e. The van der Waals surface area contributed by atoms with E-state index in [-0.39, 0.29) is 0 Å². The van der Waals surface area contributed by atoms with Gasteiger partial charge in [-0.1, -0.05) is 22.9 Å². The van der Waals surface area contributed by atoms with Crippen molar-refractivity contribution >= 4 is 44.1 Å². The smallest absolute Gasteiger partial charge is 0.332 e. The second-order valence-corrected chi connectivity index (χ2v) is 5.16. The predicted molar refractivity (Wildman–Crippen MR) is 77.9 cm³/mol. The van der Waals surface area contributed by atoms with Gasteiger partial charge in [0.1, 0.15) is 5.75 Å². The molecule has 0 aliphatic heterocycles. The molecule has 0 aliphatic rings. The third-order valence-electron chi connectivity index (χ3n) is 1.87. The Labute approximate surface area is 122 Å². The standard InChI is InChI=1S/C11H13Br2N3O2/c1-2-3-18-10-7(6-15-16-11(14)17)4-8(12)5-9(10)13/h4-6H,2-3H2,1H3,(H3,14,16,17)/b15-6+. The third-order valence-corrected chi connectivity index (χ3v) is 2.91. The van der Waals surface area contributed by atoms with Gasteiger partial charge < -0.3 is 10.5 Å². The number of amides is 2. The first-order valence-electron chi connectivity index (χ1n) is 5.25. The summed E-state index contributed by atoms with van der Waals surface area (Å²) in [7, 11) is 0. The van der Waals surface area contributed by atoms with Crippen molar-refractivity contribution in [2.45, 2.75) is 13.3 Å². The Bertz CT molecular complexity index is 464. The van der Waals surface area contributed by atoms with Crippen LogP contribution < -0.4 is 15.9 Å². The molecule has 5 nitrogen and oxygen atoms in total. The number of hydrogen-bond acceptors (Lipinski definition) is 3. The number of carbonyl (C=O) groups is 1. The van der Waals surface area contributed by atoms with Crippen LogP contribution in [-0.4, -0.2) is 18.9 Å². The van der Waals surface area contributed by atoms with Crippen molar-refractivity contribution in [1.82, 2.24) is 5.43 Å². The summed E-state index contributed by atoms with van der Waals surface area (Å²) in [4.78, 5) is 10.5. The van der Waals surface area contributed by atoms with Crippen molar-refractivity contribution in [3.8, 4) is 5.75 Å². The van der Waals surface area contributed by atoms with E-state index in [0.29, 0.717) is 12.4 Å². The Morgan fingerprint density at radius 1 is 1.56 bits per heavy atom. The number of hydrazone groups is 1. The van der Waals surface area contributed by atoms with E-state index in [4.69, 9.17) is 10.5 Å². The highest BCUT2D eigenvalue weighted by atomic mass is 79.9. The third kappa shape index (κ3) is 4.66. The lowest BCUT2D eigenvalue weighted by atomic mass is 10.2. The van der Waals surface area contributed by atoms with Gasteiger partial charge in [0.15, 0.2) is 0 Å². The normalized spacial score (nSPS) is 10.6. The lowest BCUT2D eigenvalue weighted by Crippen LogP contribution is -2.24. The number of urea groups is 1. The Balaban J connectivity index is 2.99. The Morgan fingerprint density at radius 3 is 2.89 bits per heavy atom. The molecule has 0 saturated heterocycles. The molecule has 0 radical (unpaired) electrons. The number of benzene rings is 1. The number of ether oxygens (including phenoxy) is 1. The van der Waals surface area contributed by atoms with Gasteiger partial charge in [-0.2, -0.15) is 5.10 Å². The molecule has 0 atom stereocenters. The lowest BCUT2D eigenvalue weighted by molar-refractivity contribution is 0.249. The molecule has 7 heteroatoms. The topological polar surface area (TPSA) is 76.7 Å². The van der Waals surface area contributed by atoms with E-state index in [1.165, 1.54) is 6.21 Å². The fraction of sp³-hybridized carbons (Fsp3) is 0.273. The molecule has 2 amide bonds. The van der Waals surface area contributed by atoms with Gasteiger partial charge in [0.25, 0.3) is 0 Å². The van der Waals surface area contributed by atoms with E-state index in [9.17, 15) is 4.79 Å². The molecular weight excluding hydrogens is 366 g/mol. The maximum absolute atomic E-state index is 10.5. The summed E-state index contributed by atoms with van der Waals surface area (Å²) in [5, 5.41) is 3.72. The Kier molecular flexibility index (Phi) is 6.14. The molecule has 0 spiro atoms. The summed E-state index contributed by atoms with van der Waals surface area (Å²) in [5.74, 6) is 0.676. The Morgan fingerprint density at radius 2 is 2.28 bits per heavy atom. The van der Waals surface area contributed by atoms with Gasteiger partial charge in [-0.05, 0) is 34.5 Å². The van der Waals surface area contributed by atoms with E-state index in [2.05, 4.69) is 42.4 Å². The average molecular weight is 379 g/mol. The van der Waals surface area contributed by atoms with Gasteiger partial charge in [-0.15, -0.1) is 0 Å². The zero-order valence-corrected chi connectivity index (χ0v) is 12.9. The lowest BCUT2D eigenvalue weighted by Gasteiger charge is -2.10. The van der Waals surface area contributed by atoms with Crippen LogP contribution in [0, 0.1) is 0 Å². The fourth-order valence-electron chi connectivity index (χ4n) is 1.20. The molecule has 1 aromatic rings. The summed E-state index contributed by atoms with van der Waals surface area (Å²) >= 11 is 6.80. The van der Waals surface area contributed by atoms with E-state index in [0.717, 1.165) is 20.9 Å². The van der Waals surface area contributed by atoms with Crippen LogP contribution in [0.15, 0.2) is 26.2 Å². The highest BCUT2D eigenvalue weighted by Gasteiger charge is 2.08. The molecule has 0 unspecified atom stereocenters. The molecule has 1 aromatic carbocycles. The van der Waals surface area contributed by atoms with Gasteiger partial charge >= 0.3 is 6.03 Å². The molecule has 98 valence electrons. The van der Waals surface area contributed by atoms with Crippen LogP contribution in [0.5, 0.6) is 5.75 Å². The summed E-state index contributed by atoms with van der Waals surface area (Å²) in [6.07, 6.45) is 2.38. The number of primary amides is 1. The highest BCUT2D eigenvalue weighted by molar-refractivity contribution is 9.11. The van der Waals surface area contributed by atoms with Gasteiger partial charge in [0.2, 0.25) is 0 Å². The summed E-state index contributed by atoms with van der Waals surface area (Å²) in [6.45, 7) is 2.62. The average Bonchev–Trinajstić information content (AvgIpc) is 2.27. The van der Waals surface area contributed by atoms with Gasteiger partial charge in [0.05, 0.1) is 17.3 Å². The number of carbonyl (C=O) groups excluding carboxylic acids is 1. The molecule has 1 rings (SSSR count). The van der Waals surface area contributed by atoms with E-state index in [1.807, 2.05) is 19.1 Å². The molecule has 0 aromatic heterocycles. The van der Waals surface area contributed by atoms with Crippen LogP contribution in [0.1, 0.15) is 18.9 Å². The number of nitrogens with two attached hydrogens (primary N) is 1. The molecular formula is C11H13Br2N3O2. The zero-order valence-electron chi connectivity index (χ0n) is 9.74. The molecule has 0 fully saturated rings. The first-order chi connectivity index (χ1) is 8.54. The second-order valence-electron chi connectivity index (χ2n) is 3.39. The highest BCUT2D eigenvalue weighted by Crippen LogP contribution is 2.32. The van der Waals surface area contributed by atoms with E-state index >= 15 is 0 Å². The van der Waals surface area contributed by atoms with Gasteiger partial charge in [-0.3, -0.25) is 0 Å². The largest absolute Gasteiger partial charge is 0.492 e. The van der Waals surface area contributed by atoms with Crippen molar-refractivity contribution in [2.24, 2.45) is 10.8 Å². The van der Waals surface area contributed by atoms with Crippen LogP contribution >= 0.6 is 31.9 Å². The Hall–Kier alpha value is -1.08. The van der Waals surface area contributed by atoms with Gasteiger partial charge in [0, 0.05) is 10.0 Å². The minimum absolute atomic E-state index is 0.602. The fourth-order valence-corrected chi connectivity index (χ4v) is 2.57. The van der Waals surface area contributed by atoms with E-state index < -0.39 is 6.03 Å². The first kappa shape index (κ1) is 15.0. The second kappa shape index (κ2) is 7.38. The molecule has 0 aliphatic carbocycles. The van der Waals surface area contributed by atoms with Crippen LogP contribution in [0.4, 0.5) is 4.79 Å². The van der Waals surface area contributed by atoms with Crippen molar-refractivity contribution < 1.29 is 9.53 Å². The summed E-state index contributed by atoms with van der Waals surface area (Å²) < 4.78 is 7.31. The predicted octanol–water partition coefficient (Wildman–Crippen LogP) is 3.00.